The first-order valence-corrected chi connectivity index (χ1v) is 8.84. The molecule has 1 aliphatic carbocycles. The molecule has 0 bridgehead atoms. The third-order valence-electron chi connectivity index (χ3n) is 4.64. The van der Waals surface area contributed by atoms with E-state index in [1.807, 2.05) is 18.2 Å². The zero-order valence-corrected chi connectivity index (χ0v) is 14.5. The van der Waals surface area contributed by atoms with Gasteiger partial charge in [0, 0.05) is 36.5 Å². The number of ether oxygens (including phenoxy) is 1. The van der Waals surface area contributed by atoms with Gasteiger partial charge in [0.05, 0.1) is 0 Å². The van der Waals surface area contributed by atoms with Gasteiger partial charge in [-0.25, -0.2) is 9.97 Å². The smallest absolute Gasteiger partial charge is 0.219 e. The molecule has 1 aromatic heterocycles. The lowest BCUT2D eigenvalue weighted by Crippen LogP contribution is -2.17. The minimum absolute atomic E-state index is 0.313. The highest BCUT2D eigenvalue weighted by Gasteiger charge is 2.37. The van der Waals surface area contributed by atoms with E-state index >= 15 is 0 Å². The minimum atomic E-state index is 0.313. The molecule has 5 heteroatoms. The van der Waals surface area contributed by atoms with Crippen LogP contribution in [-0.4, -0.2) is 16.0 Å². The van der Waals surface area contributed by atoms with Crippen LogP contribution >= 0.6 is 0 Å². The number of nitrogens with one attached hydrogen (secondary N) is 1. The summed E-state index contributed by atoms with van der Waals surface area (Å²) in [5, 5.41) is 3.55. The Morgan fingerprint density at radius 3 is 2.42 bits per heavy atom. The van der Waals surface area contributed by atoms with E-state index in [4.69, 9.17) is 10.5 Å². The molecular formula is C21H22N4O. The fourth-order valence-corrected chi connectivity index (χ4v) is 3.05. The van der Waals surface area contributed by atoms with E-state index < -0.39 is 0 Å². The number of benzene rings is 2. The van der Waals surface area contributed by atoms with Crippen LogP contribution < -0.4 is 15.8 Å². The molecule has 3 N–H and O–H groups in total. The molecule has 2 atom stereocenters. The Bertz CT molecular complexity index is 834. The van der Waals surface area contributed by atoms with Gasteiger partial charge in [-0.2, -0.15) is 0 Å². The molecule has 1 saturated carbocycles. The molecule has 0 amide bonds. The number of anilines is 1. The molecule has 1 fully saturated rings. The fourth-order valence-electron chi connectivity index (χ4n) is 3.05. The monoisotopic (exact) mass is 346 g/mol. The zero-order chi connectivity index (χ0) is 17.8. The third kappa shape index (κ3) is 4.18. The van der Waals surface area contributed by atoms with Crippen LogP contribution in [-0.2, 0) is 13.2 Å². The van der Waals surface area contributed by atoms with Crippen molar-refractivity contribution < 1.29 is 4.74 Å². The van der Waals surface area contributed by atoms with Crippen molar-refractivity contribution >= 4 is 5.95 Å². The van der Waals surface area contributed by atoms with Crippen molar-refractivity contribution in [2.75, 3.05) is 5.73 Å². The molecule has 1 aliphatic rings. The summed E-state index contributed by atoms with van der Waals surface area (Å²) in [4.78, 5) is 8.03. The van der Waals surface area contributed by atoms with Gasteiger partial charge in [0.15, 0.2) is 0 Å². The Labute approximate surface area is 153 Å². The van der Waals surface area contributed by atoms with Gasteiger partial charge in [0.2, 0.25) is 5.95 Å². The predicted octanol–water partition coefficient (Wildman–Crippen LogP) is 3.28. The average molecular weight is 346 g/mol. The first kappa shape index (κ1) is 16.5. The molecule has 4 rings (SSSR count). The van der Waals surface area contributed by atoms with Gasteiger partial charge in [-0.1, -0.05) is 42.5 Å². The molecule has 0 unspecified atom stereocenters. The molecule has 5 nitrogen and oxygen atoms in total. The quantitative estimate of drug-likeness (QED) is 0.687. The standard InChI is InChI=1S/C21H22N4O/c22-21-24-12-16(13-25-21)11-23-20-10-19(20)17-6-8-18(9-7-17)26-14-15-4-2-1-3-5-15/h1-9,12-13,19-20,23H,10-11,14H2,(H2,22,24,25)/t19-,20+/m1/s1. The number of hydrogen-bond donors (Lipinski definition) is 2. The Balaban J connectivity index is 1.26. The normalized spacial score (nSPS) is 18.5. The van der Waals surface area contributed by atoms with Crippen LogP contribution in [0.5, 0.6) is 5.75 Å². The van der Waals surface area contributed by atoms with Gasteiger partial charge >= 0.3 is 0 Å². The van der Waals surface area contributed by atoms with Gasteiger partial charge in [0.1, 0.15) is 12.4 Å². The molecule has 132 valence electrons. The highest BCUT2D eigenvalue weighted by atomic mass is 16.5. The van der Waals surface area contributed by atoms with Crippen LogP contribution in [0, 0.1) is 0 Å². The van der Waals surface area contributed by atoms with Crippen LogP contribution in [0.1, 0.15) is 29.0 Å². The maximum Gasteiger partial charge on any atom is 0.219 e. The van der Waals surface area contributed by atoms with Crippen LogP contribution in [0.4, 0.5) is 5.95 Å². The van der Waals surface area contributed by atoms with Gasteiger partial charge in [0.25, 0.3) is 0 Å². The maximum absolute atomic E-state index is 5.85. The van der Waals surface area contributed by atoms with E-state index in [1.165, 1.54) is 11.1 Å². The number of nitrogen functional groups attached to an aromatic ring is 1. The summed E-state index contributed by atoms with van der Waals surface area (Å²) < 4.78 is 5.85. The summed E-state index contributed by atoms with van der Waals surface area (Å²) in [6, 6.07) is 19.2. The van der Waals surface area contributed by atoms with Gasteiger partial charge in [-0.05, 0) is 29.7 Å². The van der Waals surface area contributed by atoms with Crippen molar-refractivity contribution in [3.63, 3.8) is 0 Å². The van der Waals surface area contributed by atoms with Crippen molar-refractivity contribution in [1.82, 2.24) is 15.3 Å². The van der Waals surface area contributed by atoms with Crippen molar-refractivity contribution in [3.8, 4) is 5.75 Å². The zero-order valence-electron chi connectivity index (χ0n) is 14.5. The first-order chi connectivity index (χ1) is 12.8. The number of aromatic nitrogens is 2. The van der Waals surface area contributed by atoms with Gasteiger partial charge in [-0.3, -0.25) is 0 Å². The summed E-state index contributed by atoms with van der Waals surface area (Å²) in [5.74, 6) is 1.78. The summed E-state index contributed by atoms with van der Waals surface area (Å²) in [7, 11) is 0. The lowest BCUT2D eigenvalue weighted by atomic mass is 10.1. The molecular weight excluding hydrogens is 324 g/mol. The van der Waals surface area contributed by atoms with Crippen molar-refractivity contribution in [2.45, 2.75) is 31.5 Å². The number of rotatable bonds is 7. The first-order valence-electron chi connectivity index (χ1n) is 8.84. The molecule has 0 spiro atoms. The summed E-state index contributed by atoms with van der Waals surface area (Å²) in [6.07, 6.45) is 4.69. The molecule has 26 heavy (non-hydrogen) atoms. The second-order valence-corrected chi connectivity index (χ2v) is 6.62. The van der Waals surface area contributed by atoms with Crippen molar-refractivity contribution in [3.05, 3.63) is 83.7 Å². The largest absolute Gasteiger partial charge is 0.489 e. The SMILES string of the molecule is Nc1ncc(CN[C@H]2C[C@@H]2c2ccc(OCc3ccccc3)cc2)cn1. The maximum atomic E-state index is 5.85. The van der Waals surface area contributed by atoms with E-state index in [0.29, 0.717) is 24.5 Å². The second-order valence-electron chi connectivity index (χ2n) is 6.62. The summed E-state index contributed by atoms with van der Waals surface area (Å²) >= 11 is 0. The predicted molar refractivity (Wildman–Crippen MR) is 102 cm³/mol. The van der Waals surface area contributed by atoms with Gasteiger partial charge < -0.3 is 15.8 Å². The third-order valence-corrected chi connectivity index (χ3v) is 4.64. The number of hydrogen-bond acceptors (Lipinski definition) is 5. The van der Waals surface area contributed by atoms with Gasteiger partial charge in [-0.15, -0.1) is 0 Å². The van der Waals surface area contributed by atoms with Crippen molar-refractivity contribution in [1.29, 1.82) is 0 Å². The molecule has 2 aromatic carbocycles. The Hall–Kier alpha value is -2.92. The van der Waals surface area contributed by atoms with Crippen LogP contribution in [0.25, 0.3) is 0 Å². The van der Waals surface area contributed by atoms with E-state index in [0.717, 1.165) is 24.3 Å². The van der Waals surface area contributed by atoms with E-state index in [-0.39, 0.29) is 0 Å². The van der Waals surface area contributed by atoms with Crippen molar-refractivity contribution in [2.24, 2.45) is 0 Å². The Morgan fingerprint density at radius 1 is 0.962 bits per heavy atom. The topological polar surface area (TPSA) is 73.1 Å². The molecule has 0 aliphatic heterocycles. The lowest BCUT2D eigenvalue weighted by Gasteiger charge is -2.08. The molecule has 0 radical (unpaired) electrons. The highest BCUT2D eigenvalue weighted by Crippen LogP contribution is 2.41. The molecule has 3 aromatic rings. The minimum Gasteiger partial charge on any atom is -0.489 e. The Morgan fingerprint density at radius 2 is 1.69 bits per heavy atom. The second kappa shape index (κ2) is 7.54. The van der Waals surface area contributed by atoms with Crippen LogP contribution in [0.3, 0.4) is 0 Å². The van der Waals surface area contributed by atoms with E-state index in [1.54, 1.807) is 12.4 Å². The fraction of sp³-hybridized carbons (Fsp3) is 0.238. The highest BCUT2D eigenvalue weighted by molar-refractivity contribution is 5.34. The van der Waals surface area contributed by atoms with Crippen LogP contribution in [0.2, 0.25) is 0 Å². The molecule has 1 heterocycles. The van der Waals surface area contributed by atoms with E-state index in [9.17, 15) is 0 Å². The van der Waals surface area contributed by atoms with E-state index in [2.05, 4.69) is 51.7 Å². The molecule has 0 saturated heterocycles. The lowest BCUT2D eigenvalue weighted by molar-refractivity contribution is 0.306. The van der Waals surface area contributed by atoms with Crippen LogP contribution in [0.15, 0.2) is 67.0 Å². The Kier molecular flexibility index (Phi) is 4.80. The number of nitrogens with two attached hydrogens (primary N) is 1. The average Bonchev–Trinajstić information content (AvgIpc) is 3.47. The summed E-state index contributed by atoms with van der Waals surface area (Å²) in [6.45, 7) is 1.36. The summed E-state index contributed by atoms with van der Waals surface area (Å²) in [5.41, 5.74) is 9.08. The number of nitrogens with zero attached hydrogens (tertiary/aromatic N) is 2.